The summed E-state index contributed by atoms with van der Waals surface area (Å²) in [7, 11) is 0. The van der Waals surface area contributed by atoms with E-state index in [0.29, 0.717) is 0 Å². The Morgan fingerprint density at radius 1 is 0.762 bits per heavy atom. The van der Waals surface area contributed by atoms with Gasteiger partial charge in [-0.2, -0.15) is 0 Å². The largest absolute Gasteiger partial charge is 0.477 e. The highest BCUT2D eigenvalue weighted by atomic mass is 16.4. The van der Waals surface area contributed by atoms with Crippen molar-refractivity contribution in [1.29, 1.82) is 0 Å². The van der Waals surface area contributed by atoms with Crippen LogP contribution in [0.4, 0.5) is 0 Å². The molecule has 0 aromatic carbocycles. The molecule has 0 fully saturated rings. The molecule has 0 saturated carbocycles. The van der Waals surface area contributed by atoms with Crippen LogP contribution in [0.3, 0.4) is 0 Å². The molecule has 0 aromatic heterocycles. The Hall–Kier alpha value is -2.24. The molecule has 11 nitrogen and oxygen atoms in total. The number of nitrogens with zero attached hydrogens (tertiary/aromatic N) is 1. The summed E-state index contributed by atoms with van der Waals surface area (Å²) >= 11 is 0. The first-order valence-corrected chi connectivity index (χ1v) is 5.51. The highest BCUT2D eigenvalue weighted by Gasteiger charge is 2.38. The molecule has 0 amide bonds. The SMILES string of the molecule is CCN.N.O=C(O)C[N+](CC(=O)O)(CC(=O)O)CC(=O)O. The predicted molar refractivity (Wildman–Crippen MR) is 70.0 cm³/mol. The maximum Gasteiger partial charge on any atom is 0.359 e. The summed E-state index contributed by atoms with van der Waals surface area (Å²) < 4.78 is -1.07. The van der Waals surface area contributed by atoms with Crippen molar-refractivity contribution in [2.24, 2.45) is 5.73 Å². The Balaban J connectivity index is -0.000000740. The second-order valence-electron chi connectivity index (χ2n) is 3.96. The van der Waals surface area contributed by atoms with Crippen LogP contribution >= 0.6 is 0 Å². The summed E-state index contributed by atoms with van der Waals surface area (Å²) in [6, 6.07) is 0. The Labute approximate surface area is 120 Å². The summed E-state index contributed by atoms with van der Waals surface area (Å²) in [6.45, 7) is -0.883. The number of carboxylic acid groups (broad SMARTS) is 4. The van der Waals surface area contributed by atoms with Gasteiger partial charge in [0.2, 0.25) is 0 Å². The quantitative estimate of drug-likeness (QED) is 0.278. The van der Waals surface area contributed by atoms with Crippen LogP contribution < -0.4 is 11.9 Å². The van der Waals surface area contributed by atoms with Crippen molar-refractivity contribution in [2.45, 2.75) is 6.92 Å². The summed E-state index contributed by atoms with van der Waals surface area (Å²) in [5.74, 6) is -5.86. The van der Waals surface area contributed by atoms with Gasteiger partial charge in [-0.05, 0) is 6.54 Å². The fraction of sp³-hybridized carbons (Fsp3) is 0.600. The predicted octanol–water partition coefficient (Wildman–Crippen LogP) is -1.73. The van der Waals surface area contributed by atoms with Crippen molar-refractivity contribution in [1.82, 2.24) is 6.15 Å². The van der Waals surface area contributed by atoms with Crippen LogP contribution in [-0.4, -0.2) is 81.5 Å². The Bertz CT molecular complexity index is 302. The van der Waals surface area contributed by atoms with Gasteiger partial charge in [-0.15, -0.1) is 0 Å². The summed E-state index contributed by atoms with van der Waals surface area (Å²) in [6.07, 6.45) is 0. The van der Waals surface area contributed by atoms with Crippen LogP contribution in [-0.2, 0) is 19.2 Å². The van der Waals surface area contributed by atoms with Gasteiger partial charge in [0, 0.05) is 0 Å². The number of hydrogen-bond acceptors (Lipinski definition) is 6. The van der Waals surface area contributed by atoms with E-state index in [1.165, 1.54) is 0 Å². The number of carboxylic acids is 4. The zero-order valence-electron chi connectivity index (χ0n) is 11.7. The van der Waals surface area contributed by atoms with Gasteiger partial charge in [0.15, 0.2) is 26.2 Å². The molecule has 0 aliphatic carbocycles. The van der Waals surface area contributed by atoms with Crippen LogP contribution in [0.25, 0.3) is 0 Å². The summed E-state index contributed by atoms with van der Waals surface area (Å²) in [4.78, 5) is 42.3. The van der Waals surface area contributed by atoms with Crippen LogP contribution in [0.1, 0.15) is 6.92 Å². The molecule has 0 aromatic rings. The maximum atomic E-state index is 10.6. The number of quaternary nitrogens is 1. The van der Waals surface area contributed by atoms with Crippen molar-refractivity contribution in [3.8, 4) is 0 Å². The molecule has 0 saturated heterocycles. The topological polar surface area (TPSA) is 210 Å². The van der Waals surface area contributed by atoms with Crippen molar-refractivity contribution >= 4 is 23.9 Å². The Morgan fingerprint density at radius 3 is 1.00 bits per heavy atom. The maximum absolute atomic E-state index is 10.6. The monoisotopic (exact) mass is 312 g/mol. The minimum Gasteiger partial charge on any atom is -0.477 e. The van der Waals surface area contributed by atoms with E-state index in [1.54, 1.807) is 0 Å². The van der Waals surface area contributed by atoms with Crippen LogP contribution in [0.15, 0.2) is 0 Å². The van der Waals surface area contributed by atoms with E-state index < -0.39 is 54.5 Å². The third-order valence-corrected chi connectivity index (χ3v) is 1.88. The zero-order valence-corrected chi connectivity index (χ0v) is 11.7. The Morgan fingerprint density at radius 2 is 0.905 bits per heavy atom. The van der Waals surface area contributed by atoms with Gasteiger partial charge in [-0.1, -0.05) is 6.92 Å². The lowest BCUT2D eigenvalue weighted by atomic mass is 10.3. The molecule has 21 heavy (non-hydrogen) atoms. The standard InChI is InChI=1S/C8H11NO8.C2H7N.H3N/c10-5(11)1-9(2-6(12)13,3-7(14)15)4-8(16)17;1-2-3;/h1-4H2,(H3-,10,11,12,13,14,15,16,17);2-3H2,1H3;1H3/p+1. The van der Waals surface area contributed by atoms with Gasteiger partial charge >= 0.3 is 23.9 Å². The molecule has 0 radical (unpaired) electrons. The normalized spacial score (nSPS) is 9.62. The molecule has 124 valence electrons. The number of hydrogen-bond donors (Lipinski definition) is 6. The second-order valence-corrected chi connectivity index (χ2v) is 3.96. The average Bonchev–Trinajstić information content (AvgIpc) is 2.11. The van der Waals surface area contributed by atoms with Crippen LogP contribution in [0, 0.1) is 0 Å². The van der Waals surface area contributed by atoms with Crippen molar-refractivity contribution in [3.63, 3.8) is 0 Å². The first-order valence-electron chi connectivity index (χ1n) is 5.51. The lowest BCUT2D eigenvalue weighted by Crippen LogP contribution is -2.58. The van der Waals surface area contributed by atoms with E-state index in [2.05, 4.69) is 0 Å². The first-order chi connectivity index (χ1) is 9.08. The Kier molecular flexibility index (Phi) is 13.1. The van der Waals surface area contributed by atoms with Crippen LogP contribution in [0.2, 0.25) is 0 Å². The van der Waals surface area contributed by atoms with E-state index in [9.17, 15) is 19.2 Å². The van der Waals surface area contributed by atoms with Gasteiger partial charge < -0.3 is 32.3 Å². The number of nitrogens with two attached hydrogens (primary N) is 1. The van der Waals surface area contributed by atoms with Crippen LogP contribution in [0.5, 0.6) is 0 Å². The number of rotatable bonds is 8. The molecule has 0 aliphatic heterocycles. The number of aliphatic carboxylic acids is 4. The minimum absolute atomic E-state index is 0. The van der Waals surface area contributed by atoms with Gasteiger partial charge in [-0.25, -0.2) is 19.2 Å². The van der Waals surface area contributed by atoms with Crippen molar-refractivity contribution in [3.05, 3.63) is 0 Å². The highest BCUT2D eigenvalue weighted by molar-refractivity contribution is 5.75. The van der Waals surface area contributed by atoms with E-state index in [4.69, 9.17) is 26.2 Å². The number of carbonyl (C=O) groups is 4. The zero-order chi connectivity index (χ0) is 16.3. The third kappa shape index (κ3) is 14.0. The van der Waals surface area contributed by atoms with E-state index >= 15 is 0 Å². The average molecular weight is 312 g/mol. The second kappa shape index (κ2) is 11.6. The van der Waals surface area contributed by atoms with E-state index in [1.807, 2.05) is 6.92 Å². The van der Waals surface area contributed by atoms with Gasteiger partial charge in [0.1, 0.15) is 0 Å². The molecule has 0 rings (SSSR count). The van der Waals surface area contributed by atoms with Gasteiger partial charge in [-0.3, -0.25) is 4.48 Å². The van der Waals surface area contributed by atoms with Gasteiger partial charge in [0.05, 0.1) is 0 Å². The fourth-order valence-corrected chi connectivity index (χ4v) is 1.48. The highest BCUT2D eigenvalue weighted by Crippen LogP contribution is 2.07. The molecule has 0 heterocycles. The van der Waals surface area contributed by atoms with Gasteiger partial charge in [0.25, 0.3) is 0 Å². The minimum atomic E-state index is -1.46. The third-order valence-electron chi connectivity index (χ3n) is 1.88. The molecule has 0 bridgehead atoms. The van der Waals surface area contributed by atoms with E-state index in [0.717, 1.165) is 6.54 Å². The molecule has 0 atom stereocenters. The first kappa shape index (κ1) is 23.8. The molecular formula is C10H22N3O8+. The molecule has 0 unspecified atom stereocenters. The molecule has 0 spiro atoms. The lowest BCUT2D eigenvalue weighted by Gasteiger charge is -2.32. The molecule has 11 heteroatoms. The van der Waals surface area contributed by atoms with E-state index in [-0.39, 0.29) is 6.15 Å². The summed E-state index contributed by atoms with van der Waals surface area (Å²) in [5, 5.41) is 34.4. The molecule has 0 aliphatic rings. The van der Waals surface area contributed by atoms with Crippen molar-refractivity contribution < 1.29 is 44.1 Å². The molecule has 9 N–H and O–H groups in total. The summed E-state index contributed by atoms with van der Waals surface area (Å²) in [5.41, 5.74) is 4.85. The lowest BCUT2D eigenvalue weighted by molar-refractivity contribution is -0.900. The molecular weight excluding hydrogens is 290 g/mol. The smallest absolute Gasteiger partial charge is 0.359 e. The van der Waals surface area contributed by atoms with Crippen molar-refractivity contribution in [2.75, 3.05) is 32.7 Å². The fourth-order valence-electron chi connectivity index (χ4n) is 1.48.